The fourth-order valence-electron chi connectivity index (χ4n) is 1.83. The van der Waals surface area contributed by atoms with Crippen LogP contribution in [0.2, 0.25) is 0 Å². The van der Waals surface area contributed by atoms with Gasteiger partial charge in [0, 0.05) is 17.6 Å². The second-order valence-corrected chi connectivity index (χ2v) is 4.47. The molecule has 1 heterocycles. The van der Waals surface area contributed by atoms with Gasteiger partial charge >= 0.3 is 0 Å². The molecule has 100 valence electrons. The Morgan fingerprint density at radius 2 is 2.05 bits per heavy atom. The van der Waals surface area contributed by atoms with Crippen molar-refractivity contribution >= 4 is 17.3 Å². The van der Waals surface area contributed by atoms with E-state index in [4.69, 9.17) is 11.0 Å². The number of carbonyl (C=O) groups excluding carboxylic acids is 1. The van der Waals surface area contributed by atoms with Gasteiger partial charge in [0.2, 0.25) is 0 Å². The second kappa shape index (κ2) is 5.41. The molecule has 5 heteroatoms. The number of aryl methyl sites for hydroxylation is 1. The normalized spacial score (nSPS) is 9.85. The van der Waals surface area contributed by atoms with Crippen molar-refractivity contribution in [3.8, 4) is 6.07 Å². The highest BCUT2D eigenvalue weighted by Crippen LogP contribution is 2.25. The highest BCUT2D eigenvalue weighted by molar-refractivity contribution is 6.04. The summed E-state index contributed by atoms with van der Waals surface area (Å²) in [5.74, 6) is -0.328. The van der Waals surface area contributed by atoms with E-state index >= 15 is 0 Å². The molecule has 1 aromatic heterocycles. The molecular formula is C15H14N4O. The summed E-state index contributed by atoms with van der Waals surface area (Å²) in [4.78, 5) is 16.1. The van der Waals surface area contributed by atoms with Crippen LogP contribution in [0.4, 0.5) is 11.4 Å². The lowest BCUT2D eigenvalue weighted by Gasteiger charge is -2.13. The molecule has 0 fully saturated rings. The van der Waals surface area contributed by atoms with Crippen molar-refractivity contribution in [1.29, 1.82) is 5.26 Å². The maximum atomic E-state index is 12.1. The molecule has 2 rings (SSSR count). The number of hydrogen-bond donors (Lipinski definition) is 2. The van der Waals surface area contributed by atoms with Gasteiger partial charge in [0.1, 0.15) is 11.8 Å². The summed E-state index contributed by atoms with van der Waals surface area (Å²) >= 11 is 0. The fourth-order valence-corrected chi connectivity index (χ4v) is 1.83. The Morgan fingerprint density at radius 3 is 2.65 bits per heavy atom. The minimum Gasteiger partial charge on any atom is -0.398 e. The SMILES string of the molecule is Cc1ccc(N)c(C)c1NC(=O)c1ccc(C#N)cn1. The number of benzene rings is 1. The zero-order valence-electron chi connectivity index (χ0n) is 11.3. The van der Waals surface area contributed by atoms with Gasteiger partial charge in [0.05, 0.1) is 5.56 Å². The van der Waals surface area contributed by atoms with Gasteiger partial charge < -0.3 is 11.1 Å². The van der Waals surface area contributed by atoms with Gasteiger partial charge in [-0.3, -0.25) is 4.79 Å². The van der Waals surface area contributed by atoms with Crippen molar-refractivity contribution < 1.29 is 4.79 Å². The topological polar surface area (TPSA) is 91.8 Å². The summed E-state index contributed by atoms with van der Waals surface area (Å²) in [7, 11) is 0. The number of aromatic nitrogens is 1. The zero-order valence-corrected chi connectivity index (χ0v) is 11.3. The number of nitrogens with zero attached hydrogens (tertiary/aromatic N) is 2. The molecule has 20 heavy (non-hydrogen) atoms. The van der Waals surface area contributed by atoms with Gasteiger partial charge in [0.15, 0.2) is 0 Å². The molecule has 3 N–H and O–H groups in total. The Balaban J connectivity index is 2.28. The number of anilines is 2. The molecule has 0 radical (unpaired) electrons. The van der Waals surface area contributed by atoms with Gasteiger partial charge in [-0.2, -0.15) is 5.26 Å². The van der Waals surface area contributed by atoms with Crippen LogP contribution >= 0.6 is 0 Å². The maximum absolute atomic E-state index is 12.1. The van der Waals surface area contributed by atoms with E-state index in [1.165, 1.54) is 12.3 Å². The minimum atomic E-state index is -0.328. The highest BCUT2D eigenvalue weighted by atomic mass is 16.1. The zero-order chi connectivity index (χ0) is 14.7. The number of nitrogens with one attached hydrogen (secondary N) is 1. The van der Waals surface area contributed by atoms with E-state index in [1.807, 2.05) is 26.0 Å². The third-order valence-corrected chi connectivity index (χ3v) is 3.08. The summed E-state index contributed by atoms with van der Waals surface area (Å²) in [6, 6.07) is 8.69. The first-order chi connectivity index (χ1) is 9.52. The number of nitrogens with two attached hydrogens (primary N) is 1. The summed E-state index contributed by atoms with van der Waals surface area (Å²) in [6.45, 7) is 3.75. The van der Waals surface area contributed by atoms with Gasteiger partial charge in [-0.15, -0.1) is 0 Å². The fraction of sp³-hybridized carbons (Fsp3) is 0.133. The van der Waals surface area contributed by atoms with Crippen LogP contribution in [0.3, 0.4) is 0 Å². The summed E-state index contributed by atoms with van der Waals surface area (Å²) in [5, 5.41) is 11.5. The predicted molar refractivity (Wildman–Crippen MR) is 77.2 cm³/mol. The number of nitriles is 1. The quantitative estimate of drug-likeness (QED) is 0.816. The second-order valence-electron chi connectivity index (χ2n) is 4.47. The van der Waals surface area contributed by atoms with Crippen molar-refractivity contribution in [3.05, 3.63) is 52.8 Å². The molecule has 0 bridgehead atoms. The Bertz CT molecular complexity index is 699. The van der Waals surface area contributed by atoms with Gasteiger partial charge in [-0.25, -0.2) is 4.98 Å². The highest BCUT2D eigenvalue weighted by Gasteiger charge is 2.12. The van der Waals surface area contributed by atoms with Crippen LogP contribution in [-0.2, 0) is 0 Å². The van der Waals surface area contributed by atoms with Gasteiger partial charge in [0.25, 0.3) is 5.91 Å². The first-order valence-corrected chi connectivity index (χ1v) is 6.06. The van der Waals surface area contributed by atoms with Crippen LogP contribution in [-0.4, -0.2) is 10.9 Å². The summed E-state index contributed by atoms with van der Waals surface area (Å²) in [6.07, 6.45) is 1.37. The minimum absolute atomic E-state index is 0.255. The third-order valence-electron chi connectivity index (χ3n) is 3.08. The Morgan fingerprint density at radius 1 is 1.30 bits per heavy atom. The molecule has 0 aliphatic rings. The van der Waals surface area contributed by atoms with E-state index in [-0.39, 0.29) is 11.6 Å². The Labute approximate surface area is 117 Å². The van der Waals surface area contributed by atoms with Crippen LogP contribution in [0.5, 0.6) is 0 Å². The van der Waals surface area contributed by atoms with E-state index in [1.54, 1.807) is 12.1 Å². The maximum Gasteiger partial charge on any atom is 0.274 e. The largest absolute Gasteiger partial charge is 0.398 e. The molecule has 0 saturated heterocycles. The van der Waals surface area contributed by atoms with Crippen molar-refractivity contribution in [2.75, 3.05) is 11.1 Å². The van der Waals surface area contributed by atoms with Gasteiger partial charge in [-0.05, 0) is 43.2 Å². The third kappa shape index (κ3) is 2.59. The molecule has 5 nitrogen and oxygen atoms in total. The van der Waals surface area contributed by atoms with E-state index in [0.29, 0.717) is 16.9 Å². The van der Waals surface area contributed by atoms with E-state index < -0.39 is 0 Å². The predicted octanol–water partition coefficient (Wildman–Crippen LogP) is 2.40. The number of carbonyl (C=O) groups is 1. The first kappa shape index (κ1) is 13.6. The van der Waals surface area contributed by atoms with Crippen LogP contribution in [0, 0.1) is 25.2 Å². The van der Waals surface area contributed by atoms with Crippen molar-refractivity contribution in [1.82, 2.24) is 4.98 Å². The number of rotatable bonds is 2. The Kier molecular flexibility index (Phi) is 3.67. The van der Waals surface area contributed by atoms with Gasteiger partial charge in [-0.1, -0.05) is 6.07 Å². The van der Waals surface area contributed by atoms with Crippen molar-refractivity contribution in [3.63, 3.8) is 0 Å². The standard InChI is InChI=1S/C15H14N4O/c1-9-3-5-12(17)10(2)14(9)19-15(20)13-6-4-11(7-16)8-18-13/h3-6,8H,17H2,1-2H3,(H,19,20). The molecule has 0 unspecified atom stereocenters. The molecule has 0 aliphatic heterocycles. The summed E-state index contributed by atoms with van der Waals surface area (Å²) < 4.78 is 0. The van der Waals surface area contributed by atoms with Crippen molar-refractivity contribution in [2.45, 2.75) is 13.8 Å². The lowest BCUT2D eigenvalue weighted by molar-refractivity contribution is 0.102. The van der Waals surface area contributed by atoms with E-state index in [9.17, 15) is 4.79 Å². The lowest BCUT2D eigenvalue weighted by atomic mass is 10.1. The molecule has 2 aromatic rings. The summed E-state index contributed by atoms with van der Waals surface area (Å²) in [5.41, 5.74) is 9.58. The molecule has 0 saturated carbocycles. The molecule has 1 aromatic carbocycles. The van der Waals surface area contributed by atoms with Crippen molar-refractivity contribution in [2.24, 2.45) is 0 Å². The molecule has 1 amide bonds. The first-order valence-electron chi connectivity index (χ1n) is 6.06. The number of nitrogen functional groups attached to an aromatic ring is 1. The van der Waals surface area contributed by atoms with E-state index in [0.717, 1.165) is 11.1 Å². The molecular weight excluding hydrogens is 252 g/mol. The molecule has 0 spiro atoms. The number of amides is 1. The number of pyridine rings is 1. The van der Waals surface area contributed by atoms with Crippen LogP contribution < -0.4 is 11.1 Å². The number of hydrogen-bond acceptors (Lipinski definition) is 4. The Hall–Kier alpha value is -2.87. The molecule has 0 aliphatic carbocycles. The average molecular weight is 266 g/mol. The smallest absolute Gasteiger partial charge is 0.274 e. The van der Waals surface area contributed by atoms with Crippen LogP contribution in [0.25, 0.3) is 0 Å². The van der Waals surface area contributed by atoms with Crippen LogP contribution in [0.1, 0.15) is 27.2 Å². The van der Waals surface area contributed by atoms with E-state index in [2.05, 4.69) is 10.3 Å². The monoisotopic (exact) mass is 266 g/mol. The molecule has 0 atom stereocenters. The van der Waals surface area contributed by atoms with Crippen LogP contribution in [0.15, 0.2) is 30.5 Å². The average Bonchev–Trinajstić information content (AvgIpc) is 2.47. The lowest BCUT2D eigenvalue weighted by Crippen LogP contribution is -2.15.